The molecular weight excluding hydrogens is 396 g/mol. The second kappa shape index (κ2) is 8.06. The zero-order valence-corrected chi connectivity index (χ0v) is 17.3. The molecule has 0 aliphatic rings. The Hall–Kier alpha value is -3.94. The van der Waals surface area contributed by atoms with Crippen molar-refractivity contribution in [3.05, 3.63) is 80.6 Å². The minimum Gasteiger partial charge on any atom is -0.506 e. The molecule has 0 saturated carbocycles. The molecule has 8 nitrogen and oxygen atoms in total. The predicted octanol–water partition coefficient (Wildman–Crippen LogP) is 2.77. The Kier molecular flexibility index (Phi) is 5.29. The standard InChI is InChI=1S/C23H22N4O4/c1-3-9-18-24-16-12-7-5-10-14(16)22(30)27(18)25-21(29)19-20(28)15-11-6-8-13-17(15)26(4-2)23(19)31/h5-8,10-13,28H,3-4,9H2,1-2H3,(H,25,29). The van der Waals surface area contributed by atoms with Gasteiger partial charge in [-0.3, -0.25) is 19.8 Å². The van der Waals surface area contributed by atoms with Crippen molar-refractivity contribution in [2.45, 2.75) is 33.2 Å². The van der Waals surface area contributed by atoms with Crippen molar-refractivity contribution in [2.24, 2.45) is 0 Å². The number of nitrogens with one attached hydrogen (secondary N) is 1. The molecule has 8 heteroatoms. The molecule has 31 heavy (non-hydrogen) atoms. The smallest absolute Gasteiger partial charge is 0.280 e. The van der Waals surface area contributed by atoms with Crippen molar-refractivity contribution in [1.29, 1.82) is 0 Å². The van der Waals surface area contributed by atoms with E-state index in [1.165, 1.54) is 4.57 Å². The van der Waals surface area contributed by atoms with Crippen molar-refractivity contribution in [3.63, 3.8) is 0 Å². The normalized spacial score (nSPS) is 11.2. The van der Waals surface area contributed by atoms with E-state index in [0.29, 0.717) is 47.0 Å². The monoisotopic (exact) mass is 418 g/mol. The van der Waals surface area contributed by atoms with E-state index in [4.69, 9.17) is 0 Å². The summed E-state index contributed by atoms with van der Waals surface area (Å²) in [5, 5.41) is 11.5. The topological polar surface area (TPSA) is 106 Å². The third kappa shape index (κ3) is 3.35. The summed E-state index contributed by atoms with van der Waals surface area (Å²) in [6.45, 7) is 4.03. The van der Waals surface area contributed by atoms with Gasteiger partial charge in [-0.1, -0.05) is 31.2 Å². The van der Waals surface area contributed by atoms with Crippen LogP contribution < -0.4 is 16.5 Å². The van der Waals surface area contributed by atoms with Crippen LogP contribution in [0, 0.1) is 0 Å². The molecule has 4 rings (SSSR count). The summed E-state index contributed by atoms with van der Waals surface area (Å²) < 4.78 is 2.48. The minimum atomic E-state index is -0.869. The molecule has 0 unspecified atom stereocenters. The molecule has 1 amide bonds. The fourth-order valence-electron chi connectivity index (χ4n) is 3.75. The van der Waals surface area contributed by atoms with E-state index in [1.807, 2.05) is 6.92 Å². The van der Waals surface area contributed by atoms with Crippen LogP contribution in [-0.4, -0.2) is 25.2 Å². The van der Waals surface area contributed by atoms with Crippen LogP contribution in [-0.2, 0) is 13.0 Å². The van der Waals surface area contributed by atoms with E-state index >= 15 is 0 Å². The van der Waals surface area contributed by atoms with E-state index in [9.17, 15) is 19.5 Å². The summed E-state index contributed by atoms with van der Waals surface area (Å²) in [5.41, 5.74) is 2.07. The van der Waals surface area contributed by atoms with Crippen molar-refractivity contribution >= 4 is 27.7 Å². The number of amides is 1. The predicted molar refractivity (Wildman–Crippen MR) is 119 cm³/mol. The Morgan fingerprint density at radius 2 is 1.68 bits per heavy atom. The maximum Gasteiger partial charge on any atom is 0.280 e. The van der Waals surface area contributed by atoms with Crippen LogP contribution in [0.1, 0.15) is 36.5 Å². The molecule has 0 bridgehead atoms. The number of hydrogen-bond acceptors (Lipinski definition) is 5. The molecular formula is C23H22N4O4. The lowest BCUT2D eigenvalue weighted by molar-refractivity contribution is 0.100. The van der Waals surface area contributed by atoms with Crippen LogP contribution in [0.3, 0.4) is 0 Å². The van der Waals surface area contributed by atoms with Crippen LogP contribution in [0.25, 0.3) is 21.8 Å². The zero-order valence-electron chi connectivity index (χ0n) is 17.3. The van der Waals surface area contributed by atoms with E-state index in [2.05, 4.69) is 10.4 Å². The number of benzene rings is 2. The number of aromatic hydroxyl groups is 1. The van der Waals surface area contributed by atoms with E-state index < -0.39 is 28.3 Å². The van der Waals surface area contributed by atoms with E-state index in [1.54, 1.807) is 55.5 Å². The summed E-state index contributed by atoms with van der Waals surface area (Å²) in [6.07, 6.45) is 1.15. The van der Waals surface area contributed by atoms with Crippen molar-refractivity contribution < 1.29 is 9.90 Å². The highest BCUT2D eigenvalue weighted by atomic mass is 16.3. The van der Waals surface area contributed by atoms with Gasteiger partial charge in [-0.15, -0.1) is 0 Å². The van der Waals surface area contributed by atoms with Gasteiger partial charge in [-0.05, 0) is 37.6 Å². The van der Waals surface area contributed by atoms with Gasteiger partial charge >= 0.3 is 0 Å². The molecule has 0 fully saturated rings. The molecule has 2 aromatic heterocycles. The fraction of sp³-hybridized carbons (Fsp3) is 0.217. The van der Waals surface area contributed by atoms with Gasteiger partial charge in [0.1, 0.15) is 17.1 Å². The van der Waals surface area contributed by atoms with Crippen LogP contribution in [0.15, 0.2) is 58.1 Å². The number of carbonyl (C=O) groups excluding carboxylic acids is 1. The third-order valence-corrected chi connectivity index (χ3v) is 5.22. The van der Waals surface area contributed by atoms with Gasteiger partial charge < -0.3 is 9.67 Å². The molecule has 4 aromatic rings. The summed E-state index contributed by atoms with van der Waals surface area (Å²) in [4.78, 5) is 43.7. The Morgan fingerprint density at radius 3 is 2.39 bits per heavy atom. The fourth-order valence-corrected chi connectivity index (χ4v) is 3.75. The maximum absolute atomic E-state index is 13.1. The summed E-state index contributed by atoms with van der Waals surface area (Å²) >= 11 is 0. The van der Waals surface area contributed by atoms with E-state index in [0.717, 1.165) is 4.68 Å². The lowest BCUT2D eigenvalue weighted by Gasteiger charge is -2.16. The molecule has 0 spiro atoms. The number of rotatable bonds is 5. The molecule has 0 aliphatic carbocycles. The minimum absolute atomic E-state index is 0.318. The molecule has 158 valence electrons. The van der Waals surface area contributed by atoms with Gasteiger partial charge in [0.05, 0.1) is 16.4 Å². The SMILES string of the molecule is CCCc1nc2ccccc2c(=O)n1NC(=O)c1c(O)c2ccccc2n(CC)c1=O. The molecule has 0 aliphatic heterocycles. The van der Waals surface area contributed by atoms with Crippen LogP contribution in [0.5, 0.6) is 5.75 Å². The highest BCUT2D eigenvalue weighted by Crippen LogP contribution is 2.26. The maximum atomic E-state index is 13.1. The average molecular weight is 418 g/mol. The quantitative estimate of drug-likeness (QED) is 0.518. The lowest BCUT2D eigenvalue weighted by atomic mass is 10.1. The first-order valence-corrected chi connectivity index (χ1v) is 10.1. The molecule has 0 atom stereocenters. The number of aromatic nitrogens is 3. The number of carbonyl (C=O) groups is 1. The summed E-state index contributed by atoms with van der Waals surface area (Å²) in [5.74, 6) is -0.913. The lowest BCUT2D eigenvalue weighted by Crippen LogP contribution is -2.39. The second-order valence-electron chi connectivity index (χ2n) is 7.17. The zero-order chi connectivity index (χ0) is 22.1. The van der Waals surface area contributed by atoms with Gasteiger partial charge in [0.2, 0.25) is 0 Å². The molecule has 0 saturated heterocycles. The first kappa shape index (κ1) is 20.3. The molecule has 2 aromatic carbocycles. The van der Waals surface area contributed by atoms with Gasteiger partial charge in [0, 0.05) is 18.4 Å². The van der Waals surface area contributed by atoms with Gasteiger partial charge in [0.25, 0.3) is 17.0 Å². The van der Waals surface area contributed by atoms with Crippen LogP contribution in [0.4, 0.5) is 0 Å². The summed E-state index contributed by atoms with van der Waals surface area (Å²) in [6, 6.07) is 13.7. The highest BCUT2D eigenvalue weighted by molar-refractivity contribution is 6.06. The van der Waals surface area contributed by atoms with Crippen molar-refractivity contribution in [2.75, 3.05) is 5.43 Å². The Labute approximate surface area is 177 Å². The number of nitrogens with zero attached hydrogens (tertiary/aromatic N) is 3. The number of fused-ring (bicyclic) bond motifs is 2. The van der Waals surface area contributed by atoms with E-state index in [-0.39, 0.29) is 0 Å². The number of para-hydroxylation sites is 2. The second-order valence-corrected chi connectivity index (χ2v) is 7.17. The van der Waals surface area contributed by atoms with Gasteiger partial charge in [0.15, 0.2) is 0 Å². The third-order valence-electron chi connectivity index (χ3n) is 5.22. The molecule has 2 heterocycles. The van der Waals surface area contributed by atoms with Gasteiger partial charge in [-0.2, -0.15) is 0 Å². The average Bonchev–Trinajstić information content (AvgIpc) is 2.77. The van der Waals surface area contributed by atoms with Gasteiger partial charge in [-0.25, -0.2) is 9.66 Å². The van der Waals surface area contributed by atoms with Crippen LogP contribution in [0.2, 0.25) is 0 Å². The first-order valence-electron chi connectivity index (χ1n) is 10.1. The molecule has 0 radical (unpaired) electrons. The number of pyridine rings is 1. The first-order chi connectivity index (χ1) is 15.0. The largest absolute Gasteiger partial charge is 0.506 e. The van der Waals surface area contributed by atoms with Crippen molar-refractivity contribution in [1.82, 2.24) is 14.2 Å². The molecule has 2 N–H and O–H groups in total. The summed E-state index contributed by atoms with van der Waals surface area (Å²) in [7, 11) is 0. The Bertz CT molecular complexity index is 1440. The number of aryl methyl sites for hydroxylation is 2. The highest BCUT2D eigenvalue weighted by Gasteiger charge is 2.23. The van der Waals surface area contributed by atoms with Crippen molar-refractivity contribution in [3.8, 4) is 5.75 Å². The van der Waals surface area contributed by atoms with Crippen LogP contribution >= 0.6 is 0 Å². The number of hydrogen-bond donors (Lipinski definition) is 2. The Balaban J connectivity index is 1.90. The Morgan fingerprint density at radius 1 is 1.00 bits per heavy atom.